The number of benzene rings is 2. The fourth-order valence-electron chi connectivity index (χ4n) is 2.80. The highest BCUT2D eigenvalue weighted by Crippen LogP contribution is 2.29. The number of fused-ring (bicyclic) bond motifs is 1. The predicted molar refractivity (Wildman–Crippen MR) is 96.3 cm³/mol. The van der Waals surface area contributed by atoms with Gasteiger partial charge in [-0.15, -0.1) is 0 Å². The molecular formula is C18H15BrN4O2. The molecule has 0 aliphatic carbocycles. The topological polar surface area (TPSA) is 69.0 Å². The minimum absolute atomic E-state index is 0.0546. The molecule has 4 rings (SSSR count). The van der Waals surface area contributed by atoms with Crippen molar-refractivity contribution < 1.29 is 9.53 Å². The first-order chi connectivity index (χ1) is 12.2. The first kappa shape index (κ1) is 15.8. The lowest BCUT2D eigenvalue weighted by atomic mass is 10.0. The summed E-state index contributed by atoms with van der Waals surface area (Å²) >= 11 is 3.42. The molecule has 1 N–H and O–H groups in total. The molecule has 0 unspecified atom stereocenters. The summed E-state index contributed by atoms with van der Waals surface area (Å²) in [7, 11) is 0. The van der Waals surface area contributed by atoms with Crippen LogP contribution in [-0.2, 0) is 11.4 Å². The maximum absolute atomic E-state index is 11.8. The first-order valence-electron chi connectivity index (χ1n) is 7.85. The van der Waals surface area contributed by atoms with Gasteiger partial charge in [-0.25, -0.2) is 4.68 Å². The van der Waals surface area contributed by atoms with Crippen molar-refractivity contribution in [2.75, 3.05) is 5.32 Å². The second-order valence-corrected chi connectivity index (χ2v) is 6.70. The smallest absolute Gasteiger partial charge is 0.229 e. The van der Waals surface area contributed by atoms with Crippen LogP contribution in [0.4, 0.5) is 5.95 Å². The number of halogens is 1. The second-order valence-electron chi connectivity index (χ2n) is 5.78. The molecule has 126 valence electrons. The maximum atomic E-state index is 11.8. The van der Waals surface area contributed by atoms with E-state index in [1.54, 1.807) is 4.68 Å². The molecular weight excluding hydrogens is 384 g/mol. The van der Waals surface area contributed by atoms with Crippen LogP contribution < -0.4 is 10.1 Å². The molecule has 0 spiro atoms. The second kappa shape index (κ2) is 6.68. The Morgan fingerprint density at radius 3 is 2.68 bits per heavy atom. The average Bonchev–Trinajstić information content (AvgIpc) is 3.09. The number of rotatable bonds is 4. The van der Waals surface area contributed by atoms with E-state index in [0.717, 1.165) is 21.3 Å². The van der Waals surface area contributed by atoms with Crippen LogP contribution in [0, 0.1) is 0 Å². The van der Waals surface area contributed by atoms with E-state index in [4.69, 9.17) is 4.74 Å². The zero-order valence-corrected chi connectivity index (χ0v) is 14.8. The van der Waals surface area contributed by atoms with E-state index in [0.29, 0.717) is 19.0 Å². The molecule has 6 nitrogen and oxygen atoms in total. The van der Waals surface area contributed by atoms with Crippen LogP contribution in [0.15, 0.2) is 59.3 Å². The van der Waals surface area contributed by atoms with Crippen molar-refractivity contribution in [1.82, 2.24) is 14.8 Å². The number of aromatic nitrogens is 3. The van der Waals surface area contributed by atoms with Crippen molar-refractivity contribution in [3.8, 4) is 5.75 Å². The molecule has 25 heavy (non-hydrogen) atoms. The normalized spacial score (nSPS) is 16.2. The Balaban J connectivity index is 1.47. The van der Waals surface area contributed by atoms with Crippen LogP contribution in [0.25, 0.3) is 0 Å². The fourth-order valence-corrected chi connectivity index (χ4v) is 3.06. The summed E-state index contributed by atoms with van der Waals surface area (Å²) in [4.78, 5) is 15.9. The van der Waals surface area contributed by atoms with Crippen LogP contribution in [0.5, 0.6) is 5.75 Å². The van der Waals surface area contributed by atoms with Gasteiger partial charge in [0.15, 0.2) is 0 Å². The number of nitrogens with zero attached hydrogens (tertiary/aromatic N) is 3. The summed E-state index contributed by atoms with van der Waals surface area (Å²) in [6.07, 6.45) is 1.79. The number of hydrogen-bond donors (Lipinski definition) is 1. The summed E-state index contributed by atoms with van der Waals surface area (Å²) < 4.78 is 8.60. The summed E-state index contributed by atoms with van der Waals surface area (Å²) in [5.41, 5.74) is 2.10. The quantitative estimate of drug-likeness (QED) is 0.729. The molecule has 0 saturated heterocycles. The van der Waals surface area contributed by atoms with Crippen LogP contribution in [0.2, 0.25) is 0 Å². The van der Waals surface area contributed by atoms with Gasteiger partial charge in [-0.3, -0.25) is 10.1 Å². The molecule has 1 aliphatic heterocycles. The van der Waals surface area contributed by atoms with Gasteiger partial charge in [0.05, 0.1) is 12.5 Å². The van der Waals surface area contributed by atoms with Crippen molar-refractivity contribution in [2.24, 2.45) is 0 Å². The summed E-state index contributed by atoms with van der Waals surface area (Å²) in [5, 5.41) is 6.93. The molecule has 3 aromatic rings. The molecule has 0 fully saturated rings. The van der Waals surface area contributed by atoms with Crippen molar-refractivity contribution in [2.45, 2.75) is 19.1 Å². The molecule has 0 saturated carbocycles. The van der Waals surface area contributed by atoms with E-state index in [2.05, 4.69) is 31.3 Å². The van der Waals surface area contributed by atoms with Crippen LogP contribution >= 0.6 is 15.9 Å². The lowest BCUT2D eigenvalue weighted by molar-refractivity contribution is -0.117. The van der Waals surface area contributed by atoms with Gasteiger partial charge in [-0.1, -0.05) is 40.2 Å². The minimum atomic E-state index is -0.147. The predicted octanol–water partition coefficient (Wildman–Crippen LogP) is 3.55. The number of ether oxygens (including phenoxy) is 1. The highest BCUT2D eigenvalue weighted by Gasteiger charge is 2.27. The number of carbonyl (C=O) groups excluding carboxylic acids is 1. The Labute approximate surface area is 153 Å². The van der Waals surface area contributed by atoms with E-state index in [-0.39, 0.29) is 11.9 Å². The van der Waals surface area contributed by atoms with Gasteiger partial charge in [0.1, 0.15) is 18.7 Å². The molecule has 2 heterocycles. The van der Waals surface area contributed by atoms with Gasteiger partial charge in [-0.05, 0) is 35.4 Å². The highest BCUT2D eigenvalue weighted by atomic mass is 79.9. The molecule has 2 aromatic carbocycles. The number of nitrogens with one attached hydrogen (secondary N) is 1. The molecule has 1 aliphatic rings. The third-order valence-electron chi connectivity index (χ3n) is 4.08. The van der Waals surface area contributed by atoms with Gasteiger partial charge >= 0.3 is 0 Å². The van der Waals surface area contributed by atoms with E-state index < -0.39 is 0 Å². The monoisotopic (exact) mass is 398 g/mol. The van der Waals surface area contributed by atoms with Crippen molar-refractivity contribution >= 4 is 27.8 Å². The fraction of sp³-hybridized carbons (Fsp3) is 0.167. The first-order valence-corrected chi connectivity index (χ1v) is 8.65. The Bertz CT molecular complexity index is 890. The van der Waals surface area contributed by atoms with Crippen molar-refractivity contribution in [3.63, 3.8) is 0 Å². The van der Waals surface area contributed by atoms with Crippen molar-refractivity contribution in [1.29, 1.82) is 0 Å². The Kier molecular flexibility index (Phi) is 4.23. The Hall–Kier alpha value is -2.67. The summed E-state index contributed by atoms with van der Waals surface area (Å²) in [6.45, 7) is 0.506. The minimum Gasteiger partial charge on any atom is -0.489 e. The van der Waals surface area contributed by atoms with Gasteiger partial charge in [0.2, 0.25) is 11.9 Å². The largest absolute Gasteiger partial charge is 0.489 e. The molecule has 7 heteroatoms. The molecule has 1 aromatic heterocycles. The Morgan fingerprint density at radius 1 is 1.16 bits per heavy atom. The SMILES string of the molecule is O=C1C[C@H](c2ccc(OCc3ccc(Br)cc3)cc2)n2ncnc2N1. The van der Waals surface area contributed by atoms with Gasteiger partial charge in [0, 0.05) is 4.47 Å². The zero-order valence-electron chi connectivity index (χ0n) is 13.2. The van der Waals surface area contributed by atoms with E-state index >= 15 is 0 Å². The summed E-state index contributed by atoms with van der Waals surface area (Å²) in [5.74, 6) is 1.21. The van der Waals surface area contributed by atoms with Crippen LogP contribution in [0.3, 0.4) is 0 Å². The number of anilines is 1. The number of carbonyl (C=O) groups is 1. The molecule has 1 amide bonds. The number of hydrogen-bond acceptors (Lipinski definition) is 4. The van der Waals surface area contributed by atoms with E-state index in [1.165, 1.54) is 6.33 Å². The van der Waals surface area contributed by atoms with Crippen LogP contribution in [-0.4, -0.2) is 20.7 Å². The molecule has 0 radical (unpaired) electrons. The average molecular weight is 399 g/mol. The maximum Gasteiger partial charge on any atom is 0.229 e. The lowest BCUT2D eigenvalue weighted by Gasteiger charge is -2.23. The molecule has 0 bridgehead atoms. The third kappa shape index (κ3) is 3.41. The third-order valence-corrected chi connectivity index (χ3v) is 4.61. The number of amides is 1. The van der Waals surface area contributed by atoms with Gasteiger partial charge < -0.3 is 4.74 Å². The van der Waals surface area contributed by atoms with E-state index in [9.17, 15) is 4.79 Å². The standard InChI is InChI=1S/C18H15BrN4O2/c19-14-5-1-12(2-6-14)10-25-15-7-3-13(4-8-15)16-9-17(24)22-18-20-11-21-23(16)18/h1-8,11,16H,9-10H2,(H,20,21,22,24)/t16-/m1/s1. The molecule has 1 atom stereocenters. The van der Waals surface area contributed by atoms with Crippen molar-refractivity contribution in [3.05, 3.63) is 70.5 Å². The van der Waals surface area contributed by atoms with Gasteiger partial charge in [0.25, 0.3) is 0 Å². The summed E-state index contributed by atoms with van der Waals surface area (Å²) in [6, 6.07) is 15.6. The van der Waals surface area contributed by atoms with Crippen LogP contribution in [0.1, 0.15) is 23.6 Å². The van der Waals surface area contributed by atoms with Gasteiger partial charge in [-0.2, -0.15) is 10.1 Å². The Morgan fingerprint density at radius 2 is 1.92 bits per heavy atom. The zero-order chi connectivity index (χ0) is 17.2. The van der Waals surface area contributed by atoms with E-state index in [1.807, 2.05) is 48.5 Å². The highest BCUT2D eigenvalue weighted by molar-refractivity contribution is 9.10. The lowest BCUT2D eigenvalue weighted by Crippen LogP contribution is -2.29.